The number of hydrogen-bond acceptors (Lipinski definition) is 8. The molecule has 2 saturated heterocycles. The van der Waals surface area contributed by atoms with Crippen molar-refractivity contribution in [1.29, 1.82) is 0 Å². The third-order valence-corrected chi connectivity index (χ3v) is 7.17. The summed E-state index contributed by atoms with van der Waals surface area (Å²) >= 11 is 1.26. The number of nitrogens with one attached hydrogen (secondary N) is 1. The number of sulfonamides is 1. The van der Waals surface area contributed by atoms with Gasteiger partial charge in [0.2, 0.25) is 10.0 Å². The molecule has 140 valence electrons. The van der Waals surface area contributed by atoms with Crippen molar-refractivity contribution in [2.24, 2.45) is 5.14 Å². The number of hydrogen-bond donors (Lipinski definition) is 3. The van der Waals surface area contributed by atoms with E-state index in [0.29, 0.717) is 18.0 Å². The first-order valence-corrected chi connectivity index (χ1v) is 10.6. The van der Waals surface area contributed by atoms with Gasteiger partial charge < -0.3 is 10.0 Å². The van der Waals surface area contributed by atoms with Crippen LogP contribution in [0.25, 0.3) is 0 Å². The van der Waals surface area contributed by atoms with E-state index in [1.54, 1.807) is 0 Å². The molecule has 1 aromatic rings. The number of aromatic carboxylic acids is 1. The highest BCUT2D eigenvalue weighted by Crippen LogP contribution is 2.34. The number of nitrogens with zero attached hydrogens (tertiary/aromatic N) is 3. The Morgan fingerprint density at radius 3 is 2.64 bits per heavy atom. The molecule has 0 saturated carbocycles. The molecule has 4 N–H and O–H groups in total. The maximum atomic E-state index is 11.8. The topological polar surface area (TPSA) is 129 Å². The summed E-state index contributed by atoms with van der Waals surface area (Å²) in [6, 6.07) is 0. The van der Waals surface area contributed by atoms with E-state index in [-0.39, 0.29) is 17.8 Å². The van der Waals surface area contributed by atoms with E-state index in [4.69, 9.17) is 10.2 Å². The fourth-order valence-corrected chi connectivity index (χ4v) is 5.16. The van der Waals surface area contributed by atoms with Gasteiger partial charge in [-0.25, -0.2) is 23.3 Å². The molecule has 0 radical (unpaired) electrons. The Morgan fingerprint density at radius 1 is 1.40 bits per heavy atom. The molecule has 3 unspecified atom stereocenters. The zero-order valence-corrected chi connectivity index (χ0v) is 15.6. The number of rotatable bonds is 4. The third-order valence-electron chi connectivity index (χ3n) is 4.91. The van der Waals surface area contributed by atoms with Crippen molar-refractivity contribution in [2.75, 3.05) is 39.8 Å². The van der Waals surface area contributed by atoms with Crippen LogP contribution in [0.4, 0.5) is 0 Å². The molecule has 0 amide bonds. The number of carboxylic acids is 1. The second-order valence-corrected chi connectivity index (χ2v) is 9.36. The predicted octanol–water partition coefficient (Wildman–Crippen LogP) is -0.851. The van der Waals surface area contributed by atoms with E-state index in [9.17, 15) is 13.2 Å². The standard InChI is InChI=1S/C14H23N5O4S2/c1-18-2-4-19(5-3-18)12-10(6-9(7-16-12)25(15,22)23)13-17-11(8-24-13)14(20)21/h8-10,12,16H,2-7H2,1H3,(H,20,21)(H2,15,22,23). The minimum absolute atomic E-state index is 0.00476. The van der Waals surface area contributed by atoms with Crippen molar-refractivity contribution in [1.82, 2.24) is 20.1 Å². The molecule has 0 bridgehead atoms. The molecular formula is C14H23N5O4S2. The van der Waals surface area contributed by atoms with Gasteiger partial charge in [0.1, 0.15) is 0 Å². The number of carboxylic acid groups (broad SMARTS) is 1. The van der Waals surface area contributed by atoms with Crippen LogP contribution in [-0.4, -0.2) is 85.5 Å². The fourth-order valence-electron chi connectivity index (χ4n) is 3.42. The third kappa shape index (κ3) is 4.18. The first-order chi connectivity index (χ1) is 11.8. The predicted molar refractivity (Wildman–Crippen MR) is 94.2 cm³/mol. The monoisotopic (exact) mass is 389 g/mol. The van der Waals surface area contributed by atoms with Gasteiger partial charge in [0.05, 0.1) is 16.4 Å². The van der Waals surface area contributed by atoms with Crippen LogP contribution >= 0.6 is 11.3 Å². The Labute approximate surface area is 150 Å². The van der Waals surface area contributed by atoms with Gasteiger partial charge in [0, 0.05) is 44.0 Å². The Morgan fingerprint density at radius 2 is 2.08 bits per heavy atom. The molecule has 3 heterocycles. The lowest BCUT2D eigenvalue weighted by Crippen LogP contribution is -2.61. The molecule has 25 heavy (non-hydrogen) atoms. The number of piperazine rings is 1. The molecule has 0 aromatic carbocycles. The van der Waals surface area contributed by atoms with Gasteiger partial charge in [0.15, 0.2) is 5.69 Å². The quantitative estimate of drug-likeness (QED) is 0.607. The summed E-state index contributed by atoms with van der Waals surface area (Å²) in [5.74, 6) is -1.29. The second kappa shape index (κ2) is 7.25. The summed E-state index contributed by atoms with van der Waals surface area (Å²) in [6.45, 7) is 3.89. The largest absolute Gasteiger partial charge is 0.476 e. The number of carbonyl (C=O) groups is 1. The number of nitrogens with two attached hydrogens (primary N) is 1. The van der Waals surface area contributed by atoms with Gasteiger partial charge in [-0.2, -0.15) is 0 Å². The van der Waals surface area contributed by atoms with Crippen LogP contribution in [0.1, 0.15) is 27.8 Å². The zero-order chi connectivity index (χ0) is 18.2. The molecule has 0 spiro atoms. The smallest absolute Gasteiger partial charge is 0.355 e. The van der Waals surface area contributed by atoms with Crippen LogP contribution < -0.4 is 10.5 Å². The molecule has 3 atom stereocenters. The highest BCUT2D eigenvalue weighted by atomic mass is 32.2. The van der Waals surface area contributed by atoms with Crippen LogP contribution in [0.3, 0.4) is 0 Å². The zero-order valence-electron chi connectivity index (χ0n) is 14.0. The van der Waals surface area contributed by atoms with E-state index in [1.165, 1.54) is 16.7 Å². The summed E-state index contributed by atoms with van der Waals surface area (Å²) in [4.78, 5) is 19.9. The van der Waals surface area contributed by atoms with Crippen molar-refractivity contribution >= 4 is 27.3 Å². The van der Waals surface area contributed by atoms with E-state index in [0.717, 1.165) is 26.2 Å². The first kappa shape index (κ1) is 18.7. The van der Waals surface area contributed by atoms with E-state index >= 15 is 0 Å². The summed E-state index contributed by atoms with van der Waals surface area (Å²) in [6.07, 6.45) is 0.273. The molecule has 9 nitrogen and oxygen atoms in total. The maximum Gasteiger partial charge on any atom is 0.355 e. The Kier molecular flexibility index (Phi) is 5.42. The molecule has 11 heteroatoms. The van der Waals surface area contributed by atoms with Crippen molar-refractivity contribution in [3.8, 4) is 0 Å². The van der Waals surface area contributed by atoms with Crippen LogP contribution in [0.2, 0.25) is 0 Å². The maximum absolute atomic E-state index is 11.8. The van der Waals surface area contributed by atoms with Crippen LogP contribution in [0.15, 0.2) is 5.38 Å². The van der Waals surface area contributed by atoms with Gasteiger partial charge in [-0.15, -0.1) is 11.3 Å². The van der Waals surface area contributed by atoms with Gasteiger partial charge in [-0.3, -0.25) is 10.2 Å². The fraction of sp³-hybridized carbons (Fsp3) is 0.714. The number of thiazole rings is 1. The molecule has 2 fully saturated rings. The summed E-state index contributed by atoms with van der Waals surface area (Å²) < 4.78 is 23.6. The second-order valence-electron chi connectivity index (χ2n) is 6.62. The molecule has 1 aromatic heterocycles. The number of likely N-dealkylation sites (N-methyl/N-ethyl adjacent to an activating group) is 1. The summed E-state index contributed by atoms with van der Waals surface area (Å²) in [7, 11) is -1.60. The van der Waals surface area contributed by atoms with Crippen LogP contribution in [0, 0.1) is 0 Å². The Balaban J connectivity index is 1.86. The van der Waals surface area contributed by atoms with Crippen molar-refractivity contribution in [2.45, 2.75) is 23.8 Å². The van der Waals surface area contributed by atoms with E-state index in [1.807, 2.05) is 0 Å². The minimum Gasteiger partial charge on any atom is -0.476 e. The van der Waals surface area contributed by atoms with Crippen molar-refractivity contribution < 1.29 is 18.3 Å². The number of piperidine rings is 1. The van der Waals surface area contributed by atoms with Gasteiger partial charge in [0.25, 0.3) is 0 Å². The minimum atomic E-state index is -3.67. The van der Waals surface area contributed by atoms with Gasteiger partial charge in [-0.05, 0) is 13.5 Å². The van der Waals surface area contributed by atoms with Crippen LogP contribution in [-0.2, 0) is 10.0 Å². The average molecular weight is 390 g/mol. The van der Waals surface area contributed by atoms with Gasteiger partial charge in [-0.1, -0.05) is 0 Å². The molecule has 2 aliphatic heterocycles. The molecule has 2 aliphatic rings. The lowest BCUT2D eigenvalue weighted by molar-refractivity contribution is 0.0660. The normalized spacial score (nSPS) is 29.6. The first-order valence-electron chi connectivity index (χ1n) is 8.12. The highest BCUT2D eigenvalue weighted by Gasteiger charge is 2.40. The van der Waals surface area contributed by atoms with Crippen molar-refractivity contribution in [3.63, 3.8) is 0 Å². The van der Waals surface area contributed by atoms with E-state index in [2.05, 4.69) is 27.1 Å². The summed E-state index contributed by atoms with van der Waals surface area (Å²) in [5, 5.41) is 19.2. The number of aromatic nitrogens is 1. The van der Waals surface area contributed by atoms with E-state index < -0.39 is 21.2 Å². The van der Waals surface area contributed by atoms with Crippen molar-refractivity contribution in [3.05, 3.63) is 16.1 Å². The Hall–Kier alpha value is -1.11. The molecular weight excluding hydrogens is 366 g/mol. The average Bonchev–Trinajstić information content (AvgIpc) is 3.04. The number of primary sulfonamides is 1. The molecule has 0 aliphatic carbocycles. The lowest BCUT2D eigenvalue weighted by Gasteiger charge is -2.44. The van der Waals surface area contributed by atoms with Gasteiger partial charge >= 0.3 is 5.97 Å². The SMILES string of the molecule is CN1CCN(C2NCC(S(N)(=O)=O)CC2c2nc(C(=O)O)cs2)CC1. The summed E-state index contributed by atoms with van der Waals surface area (Å²) in [5.41, 5.74) is -0.00476. The lowest BCUT2D eigenvalue weighted by atomic mass is 9.94. The molecule has 3 rings (SSSR count). The van der Waals surface area contributed by atoms with Crippen LogP contribution in [0.5, 0.6) is 0 Å². The Bertz CT molecular complexity index is 729. The highest BCUT2D eigenvalue weighted by molar-refractivity contribution is 7.89.